The summed E-state index contributed by atoms with van der Waals surface area (Å²) in [5.74, 6) is 0.349. The predicted molar refractivity (Wildman–Crippen MR) is 51.7 cm³/mol. The molecule has 1 heterocycles. The molecule has 0 atom stereocenters. The standard InChI is InChI=1S/C8H10ClN3O/c1-2-3-4-8(13)10-7-5-6(9)11-12-7/h2,5H,1,3-4H2,(H2,10,11,12,13). The lowest BCUT2D eigenvalue weighted by Crippen LogP contribution is -2.10. The lowest BCUT2D eigenvalue weighted by Gasteiger charge is -1.97. The van der Waals surface area contributed by atoms with E-state index in [-0.39, 0.29) is 5.91 Å². The fraction of sp³-hybridized carbons (Fsp3) is 0.250. The predicted octanol–water partition coefficient (Wildman–Crippen LogP) is 1.97. The van der Waals surface area contributed by atoms with E-state index in [2.05, 4.69) is 22.1 Å². The first-order valence-electron chi connectivity index (χ1n) is 3.84. The van der Waals surface area contributed by atoms with Crippen LogP contribution >= 0.6 is 11.6 Å². The van der Waals surface area contributed by atoms with Crippen molar-refractivity contribution in [3.8, 4) is 0 Å². The smallest absolute Gasteiger partial charge is 0.225 e. The summed E-state index contributed by atoms with van der Waals surface area (Å²) in [6.07, 6.45) is 2.76. The summed E-state index contributed by atoms with van der Waals surface area (Å²) < 4.78 is 0. The maximum Gasteiger partial charge on any atom is 0.225 e. The second-order valence-corrected chi connectivity index (χ2v) is 2.88. The minimum atomic E-state index is -0.0944. The molecule has 0 radical (unpaired) electrons. The number of halogens is 1. The van der Waals surface area contributed by atoms with E-state index in [0.717, 1.165) is 0 Å². The molecule has 1 amide bonds. The van der Waals surface area contributed by atoms with E-state index in [4.69, 9.17) is 11.6 Å². The topological polar surface area (TPSA) is 57.8 Å². The van der Waals surface area contributed by atoms with Crippen molar-refractivity contribution >= 4 is 23.3 Å². The van der Waals surface area contributed by atoms with Gasteiger partial charge in [0.2, 0.25) is 5.91 Å². The third-order valence-electron chi connectivity index (χ3n) is 1.39. The van der Waals surface area contributed by atoms with Crippen molar-refractivity contribution in [1.29, 1.82) is 0 Å². The van der Waals surface area contributed by atoms with Crippen LogP contribution in [0.25, 0.3) is 0 Å². The van der Waals surface area contributed by atoms with Crippen molar-refractivity contribution in [2.75, 3.05) is 5.32 Å². The average Bonchev–Trinajstić information content (AvgIpc) is 2.48. The summed E-state index contributed by atoms with van der Waals surface area (Å²) in [7, 11) is 0. The maximum atomic E-state index is 11.1. The minimum Gasteiger partial charge on any atom is -0.309 e. The lowest BCUT2D eigenvalue weighted by atomic mass is 10.3. The number of allylic oxidation sites excluding steroid dienone is 1. The first kappa shape index (κ1) is 9.80. The molecule has 1 aromatic rings. The molecule has 4 nitrogen and oxygen atoms in total. The third kappa shape index (κ3) is 3.29. The summed E-state index contributed by atoms with van der Waals surface area (Å²) in [4.78, 5) is 11.1. The van der Waals surface area contributed by atoms with E-state index in [1.807, 2.05) is 0 Å². The highest BCUT2D eigenvalue weighted by molar-refractivity contribution is 6.29. The van der Waals surface area contributed by atoms with Crippen molar-refractivity contribution in [1.82, 2.24) is 10.2 Å². The van der Waals surface area contributed by atoms with Crippen LogP contribution in [-0.4, -0.2) is 16.1 Å². The molecular weight excluding hydrogens is 190 g/mol. The highest BCUT2D eigenvalue weighted by Gasteiger charge is 2.03. The Kier molecular flexibility index (Phi) is 3.52. The van der Waals surface area contributed by atoms with Crippen LogP contribution in [0.2, 0.25) is 5.15 Å². The highest BCUT2D eigenvalue weighted by Crippen LogP contribution is 2.10. The van der Waals surface area contributed by atoms with Crippen LogP contribution < -0.4 is 5.32 Å². The first-order valence-corrected chi connectivity index (χ1v) is 4.22. The number of aromatic amines is 1. The zero-order chi connectivity index (χ0) is 9.68. The van der Waals surface area contributed by atoms with Crippen molar-refractivity contribution in [2.45, 2.75) is 12.8 Å². The molecule has 0 saturated heterocycles. The van der Waals surface area contributed by atoms with Crippen LogP contribution in [0.5, 0.6) is 0 Å². The molecule has 1 aromatic heterocycles. The van der Waals surface area contributed by atoms with Gasteiger partial charge in [0, 0.05) is 12.5 Å². The molecule has 0 fully saturated rings. The molecular formula is C8H10ClN3O. The molecule has 0 aliphatic carbocycles. The number of carbonyl (C=O) groups excluding carboxylic acids is 1. The highest BCUT2D eigenvalue weighted by atomic mass is 35.5. The Balaban J connectivity index is 2.40. The fourth-order valence-electron chi connectivity index (χ4n) is 0.801. The van der Waals surface area contributed by atoms with Crippen LogP contribution in [-0.2, 0) is 4.79 Å². The molecule has 5 heteroatoms. The maximum absolute atomic E-state index is 11.1. The molecule has 0 aliphatic rings. The third-order valence-corrected chi connectivity index (χ3v) is 1.58. The lowest BCUT2D eigenvalue weighted by molar-refractivity contribution is -0.116. The summed E-state index contributed by atoms with van der Waals surface area (Å²) in [5.41, 5.74) is 0. The zero-order valence-electron chi connectivity index (χ0n) is 7.01. The van der Waals surface area contributed by atoms with Crippen molar-refractivity contribution in [2.24, 2.45) is 0 Å². The van der Waals surface area contributed by atoms with Crippen molar-refractivity contribution in [3.63, 3.8) is 0 Å². The van der Waals surface area contributed by atoms with E-state index >= 15 is 0 Å². The van der Waals surface area contributed by atoms with Crippen LogP contribution in [0.15, 0.2) is 18.7 Å². The van der Waals surface area contributed by atoms with Gasteiger partial charge in [-0.05, 0) is 6.42 Å². The van der Waals surface area contributed by atoms with E-state index < -0.39 is 0 Å². The number of anilines is 1. The van der Waals surface area contributed by atoms with E-state index in [0.29, 0.717) is 23.8 Å². The van der Waals surface area contributed by atoms with Gasteiger partial charge >= 0.3 is 0 Å². The largest absolute Gasteiger partial charge is 0.309 e. The van der Waals surface area contributed by atoms with Gasteiger partial charge in [-0.1, -0.05) is 17.7 Å². The molecule has 0 bridgehead atoms. The number of hydrogen-bond donors (Lipinski definition) is 2. The number of hydrogen-bond acceptors (Lipinski definition) is 2. The first-order chi connectivity index (χ1) is 6.22. The minimum absolute atomic E-state index is 0.0944. The number of nitrogens with zero attached hydrogens (tertiary/aromatic N) is 1. The molecule has 0 saturated carbocycles. The van der Waals surface area contributed by atoms with Crippen molar-refractivity contribution in [3.05, 3.63) is 23.9 Å². The quantitative estimate of drug-likeness (QED) is 0.729. The number of aromatic nitrogens is 2. The van der Waals surface area contributed by atoms with Gasteiger partial charge in [0.15, 0.2) is 5.82 Å². The Morgan fingerprint density at radius 2 is 2.62 bits per heavy atom. The van der Waals surface area contributed by atoms with Gasteiger partial charge < -0.3 is 5.32 Å². The molecule has 70 valence electrons. The molecule has 0 aromatic carbocycles. The van der Waals surface area contributed by atoms with Gasteiger partial charge in [0.1, 0.15) is 5.15 Å². The zero-order valence-corrected chi connectivity index (χ0v) is 7.77. The van der Waals surface area contributed by atoms with Gasteiger partial charge in [0.05, 0.1) is 0 Å². The van der Waals surface area contributed by atoms with Crippen LogP contribution in [0.4, 0.5) is 5.82 Å². The average molecular weight is 200 g/mol. The Bertz CT molecular complexity index is 308. The second kappa shape index (κ2) is 4.67. The molecule has 0 aliphatic heterocycles. The fourth-order valence-corrected chi connectivity index (χ4v) is 0.946. The normalized spacial score (nSPS) is 9.62. The van der Waals surface area contributed by atoms with Gasteiger partial charge in [0.25, 0.3) is 0 Å². The molecule has 2 N–H and O–H groups in total. The number of rotatable bonds is 4. The molecule has 0 spiro atoms. The van der Waals surface area contributed by atoms with E-state index in [9.17, 15) is 4.79 Å². The molecule has 13 heavy (non-hydrogen) atoms. The van der Waals surface area contributed by atoms with E-state index in [1.54, 1.807) is 12.1 Å². The number of amides is 1. The van der Waals surface area contributed by atoms with E-state index in [1.165, 1.54) is 0 Å². The Morgan fingerprint density at radius 3 is 3.15 bits per heavy atom. The SMILES string of the molecule is C=CCCC(=O)Nc1cc(Cl)[nH]n1. The Hall–Kier alpha value is -1.29. The van der Waals surface area contributed by atoms with Gasteiger partial charge in [-0.3, -0.25) is 9.89 Å². The summed E-state index contributed by atoms with van der Waals surface area (Å²) in [6.45, 7) is 3.52. The van der Waals surface area contributed by atoms with Crippen LogP contribution in [0.3, 0.4) is 0 Å². The second-order valence-electron chi connectivity index (χ2n) is 2.48. The number of nitrogens with one attached hydrogen (secondary N) is 2. The number of H-pyrrole nitrogens is 1. The van der Waals surface area contributed by atoms with Gasteiger partial charge in [-0.25, -0.2) is 0 Å². The molecule has 1 rings (SSSR count). The Labute approximate surface area is 81.0 Å². The molecule has 0 unspecified atom stereocenters. The van der Waals surface area contributed by atoms with Gasteiger partial charge in [-0.2, -0.15) is 5.10 Å². The Morgan fingerprint density at radius 1 is 1.85 bits per heavy atom. The summed E-state index contributed by atoms with van der Waals surface area (Å²) in [6, 6.07) is 1.55. The van der Waals surface area contributed by atoms with Crippen molar-refractivity contribution < 1.29 is 4.79 Å². The summed E-state index contributed by atoms with van der Waals surface area (Å²) in [5, 5.41) is 9.25. The number of carbonyl (C=O) groups is 1. The monoisotopic (exact) mass is 199 g/mol. The van der Waals surface area contributed by atoms with Crippen LogP contribution in [0, 0.1) is 0 Å². The van der Waals surface area contributed by atoms with Crippen LogP contribution in [0.1, 0.15) is 12.8 Å². The van der Waals surface area contributed by atoms with Gasteiger partial charge in [-0.15, -0.1) is 6.58 Å². The summed E-state index contributed by atoms with van der Waals surface area (Å²) >= 11 is 5.56.